The van der Waals surface area contributed by atoms with Gasteiger partial charge in [-0.25, -0.2) is 9.78 Å². The molecule has 126 heavy (non-hydrogen) atoms. The smallest absolute Gasteiger partial charge is 0.326 e. The maximum absolute atomic E-state index is 14.3. The van der Waals surface area contributed by atoms with Crippen molar-refractivity contribution in [3.8, 4) is 0 Å². The number of unbranched alkanes of at least 4 members (excludes halogenated alkanes) is 1. The van der Waals surface area contributed by atoms with Gasteiger partial charge in [-0.05, 0) is 101 Å². The molecular weight excluding hydrogens is 1700 g/mol. The summed E-state index contributed by atoms with van der Waals surface area (Å²) in [5, 5.41) is 98.7. The average molecular weight is 1830 g/mol. The minimum absolute atomic E-state index is 0.0654. The minimum Gasteiger partial charge on any atom is -0.481 e. The molecule has 0 bridgehead atoms. The van der Waals surface area contributed by atoms with Crippen LogP contribution in [0, 0.1) is 29.6 Å². The molecule has 18 amide bonds. The summed E-state index contributed by atoms with van der Waals surface area (Å²) >= 11 is 8.11. The molecular formula is C76H130N22O26S2. The quantitative estimate of drug-likeness (QED) is 0.0213. The highest BCUT2D eigenvalue weighted by Gasteiger charge is 2.40. The molecule has 0 aliphatic carbocycles. The van der Waals surface area contributed by atoms with Crippen molar-refractivity contribution in [3.05, 3.63) is 18.2 Å². The molecule has 0 spiro atoms. The Morgan fingerprint density at radius 2 is 0.746 bits per heavy atom. The summed E-state index contributed by atoms with van der Waals surface area (Å²) < 4.78 is 0. The first-order valence-electron chi connectivity index (χ1n) is 41.0. The SMILES string of the molecule is CC(C)C[C@H](NC(=O)[C@H](CCC(=O)O)NC(=O)[C@H](CCC(N)=O)NC(=O)[C@H](CO)NC(=O)[C@H](CC(C)C)NC(=O)[C@H](CCCCN)NC(=O)CNC(=O)[C@H](CC(C)C)NC(=O)[C@@H](NC(=O)[C@H](CS)NC(=O)[C@@H](NC(=O)[C@H](CO)NC(=O)[C@H](CC(C)C)NC(=O)[C@H](CC(N)=O)NC(=O)[C@H](CO)NC(=O)[C@@H](N)CS)[C@@H](C)O)C(C)C)C(=O)N[C@@H](Cc1cnc[nH]1)C(=O)O. The summed E-state index contributed by atoms with van der Waals surface area (Å²) in [5.74, 6) is -25.1. The number of aliphatic carboxylic acids is 2. The minimum atomic E-state index is -1.94. The summed E-state index contributed by atoms with van der Waals surface area (Å²) in [6.07, 6.45) is -2.79. The molecule has 0 fully saturated rings. The van der Waals surface area contributed by atoms with E-state index in [4.69, 9.17) is 22.9 Å². The molecule has 0 unspecified atom stereocenters. The number of thiol groups is 2. The normalized spacial score (nSPS) is 15.4. The summed E-state index contributed by atoms with van der Waals surface area (Å²) in [7, 11) is 0. The molecule has 0 saturated heterocycles. The van der Waals surface area contributed by atoms with E-state index in [9.17, 15) is 127 Å². The maximum atomic E-state index is 14.3. The highest BCUT2D eigenvalue weighted by molar-refractivity contribution is 7.80. The first-order chi connectivity index (χ1) is 59.0. The second-order valence-electron chi connectivity index (χ2n) is 32.1. The largest absolute Gasteiger partial charge is 0.481 e. The zero-order chi connectivity index (χ0) is 96.1. The van der Waals surface area contributed by atoms with Gasteiger partial charge in [-0.2, -0.15) is 25.3 Å². The lowest BCUT2D eigenvalue weighted by atomic mass is 9.99. The van der Waals surface area contributed by atoms with Crippen LogP contribution < -0.4 is 108 Å². The number of aromatic amines is 1. The van der Waals surface area contributed by atoms with E-state index in [0.717, 1.165) is 6.92 Å². The molecule has 0 saturated carbocycles. The summed E-state index contributed by atoms with van der Waals surface area (Å²) in [5.41, 5.74) is 22.5. The van der Waals surface area contributed by atoms with E-state index in [0.29, 0.717) is 12.1 Å². The fourth-order valence-electron chi connectivity index (χ4n) is 12.0. The van der Waals surface area contributed by atoms with Gasteiger partial charge in [0.15, 0.2) is 0 Å². The fourth-order valence-corrected chi connectivity index (χ4v) is 12.4. The number of H-pyrrole nitrogens is 1. The van der Waals surface area contributed by atoms with E-state index in [2.05, 4.69) is 120 Å². The topological polar surface area (TPSA) is 788 Å². The van der Waals surface area contributed by atoms with Gasteiger partial charge in [0.1, 0.15) is 90.6 Å². The highest BCUT2D eigenvalue weighted by Crippen LogP contribution is 2.16. The van der Waals surface area contributed by atoms with Crippen LogP contribution in [0.4, 0.5) is 0 Å². The Kier molecular flexibility index (Phi) is 52.4. The first kappa shape index (κ1) is 113. The van der Waals surface area contributed by atoms with Crippen molar-refractivity contribution >= 4 is 144 Å². The molecule has 1 aromatic rings. The number of aromatic nitrogens is 2. The van der Waals surface area contributed by atoms with Crippen LogP contribution in [0.2, 0.25) is 0 Å². The lowest BCUT2D eigenvalue weighted by molar-refractivity contribution is -0.142. The van der Waals surface area contributed by atoms with E-state index in [-0.39, 0.29) is 75.0 Å². The highest BCUT2D eigenvalue weighted by atomic mass is 32.1. The van der Waals surface area contributed by atoms with Gasteiger partial charge in [0.05, 0.1) is 51.3 Å². The Labute approximate surface area is 739 Å². The Morgan fingerprint density at radius 3 is 1.13 bits per heavy atom. The van der Waals surface area contributed by atoms with Crippen molar-refractivity contribution in [1.82, 2.24) is 95.0 Å². The molecule has 31 N–H and O–H groups in total. The van der Waals surface area contributed by atoms with Gasteiger partial charge in [-0.3, -0.25) is 91.1 Å². The van der Waals surface area contributed by atoms with Crippen molar-refractivity contribution in [1.29, 1.82) is 0 Å². The molecule has 17 atom stereocenters. The number of nitrogens with one attached hydrogen (secondary N) is 17. The number of aliphatic hydroxyl groups excluding tert-OH is 4. The van der Waals surface area contributed by atoms with Crippen LogP contribution in [0.3, 0.4) is 0 Å². The van der Waals surface area contributed by atoms with Gasteiger partial charge < -0.3 is 144 Å². The number of carboxylic acid groups (broad SMARTS) is 2. The van der Waals surface area contributed by atoms with Gasteiger partial charge in [-0.1, -0.05) is 69.2 Å². The predicted molar refractivity (Wildman–Crippen MR) is 455 cm³/mol. The van der Waals surface area contributed by atoms with Gasteiger partial charge in [-0.15, -0.1) is 0 Å². The van der Waals surface area contributed by atoms with Gasteiger partial charge >= 0.3 is 11.9 Å². The molecule has 0 radical (unpaired) electrons. The van der Waals surface area contributed by atoms with Gasteiger partial charge in [0, 0.05) is 42.7 Å². The van der Waals surface area contributed by atoms with E-state index in [1.165, 1.54) is 26.4 Å². The van der Waals surface area contributed by atoms with Crippen molar-refractivity contribution < 1.29 is 127 Å². The lowest BCUT2D eigenvalue weighted by Gasteiger charge is -2.29. The third-order valence-corrected chi connectivity index (χ3v) is 19.5. The van der Waals surface area contributed by atoms with E-state index >= 15 is 0 Å². The van der Waals surface area contributed by atoms with Crippen molar-refractivity contribution in [2.75, 3.05) is 44.4 Å². The molecule has 1 rings (SSSR count). The third kappa shape index (κ3) is 42.8. The second-order valence-corrected chi connectivity index (χ2v) is 32.8. The maximum Gasteiger partial charge on any atom is 0.326 e. The number of nitrogens with two attached hydrogens (primary N) is 4. The van der Waals surface area contributed by atoms with E-state index < -0.39 is 297 Å². The molecule has 1 aromatic heterocycles. The monoisotopic (exact) mass is 1830 g/mol. The standard InChI is InChI=1S/C76H130N22O26S2/c1-34(2)20-45(91-74(121)59(38(9)10)97-73(120)54(32-126)96-75(122)60(39(11)102)98-72(119)53(30-101)95-68(115)48(23-37(7)8)89-69(116)49(25-56(80)104)90-71(118)51(28-99)93-61(108)41(78)31-125)62(109)82-27-57(105)84-42(14-12-13-19-77)63(110)87-47(22-36(5)6)67(114)94-52(29-100)70(117)86-43(15-17-55(79)103)64(111)85-44(16-18-58(106)107)65(112)88-46(21-35(3)4)66(113)92-50(76(123)124)24-40-26-81-33-83-40/h26,33-39,41-54,59-60,99-102,125-126H,12-25,27-32,77-78H2,1-11H3,(H2,79,103)(H2,80,104)(H,81,83)(H,82,109)(H,84,105)(H,85,111)(H,86,117)(H,87,110)(H,88,112)(H,89,116)(H,90,118)(H,91,121)(H,92,113)(H,93,108)(H,94,114)(H,95,115)(H,96,122)(H,97,120)(H,98,119)(H,106,107)(H,123,124)/t39-,41+,42+,43+,44+,45+,46+,47+,48+,49+,50+,51+,52+,53+,54+,59+,60+/m1/s1. The molecule has 48 nitrogen and oxygen atoms in total. The van der Waals surface area contributed by atoms with Crippen LogP contribution in [0.25, 0.3) is 0 Å². The average Bonchev–Trinajstić information content (AvgIpc) is 0.982. The zero-order valence-corrected chi connectivity index (χ0v) is 74.3. The van der Waals surface area contributed by atoms with Crippen molar-refractivity contribution in [3.63, 3.8) is 0 Å². The van der Waals surface area contributed by atoms with Crippen LogP contribution in [-0.4, -0.2) is 306 Å². The summed E-state index contributed by atoms with van der Waals surface area (Å²) in [6, 6.07) is -26.1. The number of hydrogen-bond donors (Lipinski definition) is 29. The lowest BCUT2D eigenvalue weighted by Crippen LogP contribution is -2.63. The van der Waals surface area contributed by atoms with Crippen LogP contribution in [-0.2, 0) is 102 Å². The number of amides is 18. The fraction of sp³-hybridized carbons (Fsp3) is 0.697. The number of aliphatic hydroxyl groups is 4. The molecule has 0 aliphatic rings. The zero-order valence-electron chi connectivity index (χ0n) is 72.5. The predicted octanol–water partition coefficient (Wildman–Crippen LogP) is -10.1. The van der Waals surface area contributed by atoms with Gasteiger partial charge in [0.25, 0.3) is 0 Å². The van der Waals surface area contributed by atoms with E-state index in [1.54, 1.807) is 55.4 Å². The van der Waals surface area contributed by atoms with Crippen molar-refractivity contribution in [2.24, 2.45) is 52.5 Å². The molecule has 0 aromatic carbocycles. The number of carbonyl (C=O) groups excluding carboxylic acids is 18. The molecule has 0 aliphatic heterocycles. The first-order valence-corrected chi connectivity index (χ1v) is 42.2. The van der Waals surface area contributed by atoms with Crippen LogP contribution in [0.1, 0.15) is 159 Å². The number of carboxylic acids is 2. The van der Waals surface area contributed by atoms with Gasteiger partial charge in [0.2, 0.25) is 106 Å². The number of nitrogens with zero attached hydrogens (tertiary/aromatic N) is 1. The van der Waals surface area contributed by atoms with Crippen molar-refractivity contribution in [2.45, 2.75) is 262 Å². The Bertz CT molecular complexity index is 3820. The van der Waals surface area contributed by atoms with Crippen LogP contribution in [0.5, 0.6) is 0 Å². The number of rotatable bonds is 62. The number of carbonyl (C=O) groups is 20. The Balaban J connectivity index is 3.40. The Hall–Kier alpha value is -10.9. The number of primary amides is 2. The summed E-state index contributed by atoms with van der Waals surface area (Å²) in [6.45, 7) is 13.4. The second kappa shape index (κ2) is 58.4. The Morgan fingerprint density at radius 1 is 0.397 bits per heavy atom. The van der Waals surface area contributed by atoms with E-state index in [1.807, 2.05) is 0 Å². The van der Waals surface area contributed by atoms with Crippen LogP contribution in [0.15, 0.2) is 12.5 Å². The third-order valence-electron chi connectivity index (χ3n) is 18.7. The number of hydrogen-bond acceptors (Lipinski definition) is 29. The molecule has 1 heterocycles. The summed E-state index contributed by atoms with van der Waals surface area (Å²) in [4.78, 5) is 276. The number of imidazole rings is 1. The van der Waals surface area contributed by atoms with Crippen LogP contribution >= 0.6 is 25.3 Å². The molecule has 50 heteroatoms. The molecule has 712 valence electrons.